The van der Waals surface area contributed by atoms with Gasteiger partial charge in [0.1, 0.15) is 11.2 Å². The van der Waals surface area contributed by atoms with E-state index < -0.39 is 0 Å². The van der Waals surface area contributed by atoms with Crippen LogP contribution in [0.5, 0.6) is 0 Å². The number of hydrogen-bond acceptors (Lipinski definition) is 3. The summed E-state index contributed by atoms with van der Waals surface area (Å²) >= 11 is 6.11. The third kappa shape index (κ3) is 2.04. The van der Waals surface area contributed by atoms with Crippen molar-refractivity contribution in [3.63, 3.8) is 0 Å². The molecular weight excluding hydrogens is 324 g/mol. The van der Waals surface area contributed by atoms with Crippen molar-refractivity contribution in [2.45, 2.75) is 38.3 Å². The Morgan fingerprint density at radius 3 is 2.67 bits per heavy atom. The number of fused-ring (bicyclic) bond motifs is 3. The first-order chi connectivity index (χ1) is 11.7. The molecule has 0 atom stereocenters. The van der Waals surface area contributed by atoms with Crippen LogP contribution < -0.4 is 0 Å². The van der Waals surface area contributed by atoms with E-state index in [1.165, 1.54) is 0 Å². The lowest BCUT2D eigenvalue weighted by atomic mass is 9.96. The number of amides is 1. The minimum absolute atomic E-state index is 0.125. The molecule has 0 spiro atoms. The van der Waals surface area contributed by atoms with Gasteiger partial charge >= 0.3 is 0 Å². The molecule has 2 aromatic heterocycles. The number of aromatic nitrogens is 3. The van der Waals surface area contributed by atoms with Gasteiger partial charge in [-0.15, -0.1) is 0 Å². The zero-order valence-electron chi connectivity index (χ0n) is 13.2. The quantitative estimate of drug-likeness (QED) is 0.842. The van der Waals surface area contributed by atoms with Gasteiger partial charge in [0.15, 0.2) is 5.65 Å². The van der Waals surface area contributed by atoms with E-state index in [1.54, 1.807) is 12.4 Å². The van der Waals surface area contributed by atoms with Crippen LogP contribution in [0.1, 0.15) is 41.7 Å². The number of halogens is 1. The average Bonchev–Trinajstić information content (AvgIpc) is 3.38. The molecule has 2 aliphatic carbocycles. The SMILES string of the molecule is O=C1c2c(C3=CC=C(Cl)CC3)c3nccnc3n2CCN1C1CC1. The minimum atomic E-state index is 0.125. The van der Waals surface area contributed by atoms with Gasteiger partial charge in [0.2, 0.25) is 0 Å². The van der Waals surface area contributed by atoms with E-state index in [1.807, 2.05) is 17.1 Å². The van der Waals surface area contributed by atoms with Crippen molar-refractivity contribution in [1.82, 2.24) is 19.4 Å². The summed E-state index contributed by atoms with van der Waals surface area (Å²) in [6, 6.07) is 0.424. The van der Waals surface area contributed by atoms with Crippen molar-refractivity contribution in [2.24, 2.45) is 0 Å². The number of allylic oxidation sites excluding steroid dienone is 4. The molecule has 6 heteroatoms. The molecule has 0 saturated heterocycles. The molecule has 2 aromatic rings. The highest BCUT2D eigenvalue weighted by molar-refractivity contribution is 6.30. The Kier molecular flexibility index (Phi) is 3.07. The van der Waals surface area contributed by atoms with Gasteiger partial charge in [0.05, 0.1) is 0 Å². The summed E-state index contributed by atoms with van der Waals surface area (Å²) in [4.78, 5) is 24.3. The average molecular weight is 341 g/mol. The van der Waals surface area contributed by atoms with Gasteiger partial charge in [-0.1, -0.05) is 17.7 Å². The molecule has 0 radical (unpaired) electrons. The summed E-state index contributed by atoms with van der Waals surface area (Å²) in [6.07, 6.45) is 11.2. The maximum Gasteiger partial charge on any atom is 0.271 e. The normalized spacial score (nSPS) is 20.9. The van der Waals surface area contributed by atoms with Gasteiger partial charge in [-0.05, 0) is 37.3 Å². The largest absolute Gasteiger partial charge is 0.333 e. The monoisotopic (exact) mass is 340 g/mol. The van der Waals surface area contributed by atoms with E-state index in [4.69, 9.17) is 11.6 Å². The van der Waals surface area contributed by atoms with Gasteiger partial charge in [0.25, 0.3) is 5.91 Å². The summed E-state index contributed by atoms with van der Waals surface area (Å²) < 4.78 is 2.06. The van der Waals surface area contributed by atoms with Gasteiger partial charge in [-0.2, -0.15) is 0 Å². The Morgan fingerprint density at radius 1 is 1.08 bits per heavy atom. The van der Waals surface area contributed by atoms with Crippen LogP contribution in [0.4, 0.5) is 0 Å². The topological polar surface area (TPSA) is 51.0 Å². The fourth-order valence-corrected chi connectivity index (χ4v) is 3.96. The van der Waals surface area contributed by atoms with Crippen LogP contribution >= 0.6 is 11.6 Å². The minimum Gasteiger partial charge on any atom is -0.333 e. The molecule has 3 aliphatic rings. The van der Waals surface area contributed by atoms with Crippen molar-refractivity contribution in [2.75, 3.05) is 6.54 Å². The summed E-state index contributed by atoms with van der Waals surface area (Å²) in [7, 11) is 0. The van der Waals surface area contributed by atoms with E-state index >= 15 is 0 Å². The number of nitrogens with zero attached hydrogens (tertiary/aromatic N) is 4. The van der Waals surface area contributed by atoms with Crippen LogP contribution in [0.25, 0.3) is 16.7 Å². The van der Waals surface area contributed by atoms with Crippen molar-refractivity contribution < 1.29 is 4.79 Å². The Balaban J connectivity index is 1.75. The Morgan fingerprint density at radius 2 is 1.92 bits per heavy atom. The highest BCUT2D eigenvalue weighted by atomic mass is 35.5. The number of carbonyl (C=O) groups is 1. The molecule has 122 valence electrons. The molecule has 0 unspecified atom stereocenters. The van der Waals surface area contributed by atoms with Crippen LogP contribution in [0.15, 0.2) is 29.6 Å². The first-order valence-corrected chi connectivity index (χ1v) is 8.81. The lowest BCUT2D eigenvalue weighted by molar-refractivity contribution is 0.0692. The third-order valence-electron chi connectivity index (χ3n) is 5.11. The first-order valence-electron chi connectivity index (χ1n) is 8.44. The predicted molar refractivity (Wildman–Crippen MR) is 92.7 cm³/mol. The molecule has 1 aliphatic heterocycles. The highest BCUT2D eigenvalue weighted by Crippen LogP contribution is 2.39. The third-order valence-corrected chi connectivity index (χ3v) is 5.43. The second-order valence-electron chi connectivity index (χ2n) is 6.64. The molecule has 0 bridgehead atoms. The molecule has 0 aromatic carbocycles. The van der Waals surface area contributed by atoms with Crippen LogP contribution in [-0.2, 0) is 6.54 Å². The fraction of sp³-hybridized carbons (Fsp3) is 0.389. The molecule has 24 heavy (non-hydrogen) atoms. The molecule has 5 nitrogen and oxygen atoms in total. The summed E-state index contributed by atoms with van der Waals surface area (Å²) in [6.45, 7) is 1.55. The summed E-state index contributed by atoms with van der Waals surface area (Å²) in [5.74, 6) is 0.125. The predicted octanol–water partition coefficient (Wildman–Crippen LogP) is 3.35. The van der Waals surface area contributed by atoms with Gasteiger partial charge in [-0.3, -0.25) is 9.78 Å². The van der Waals surface area contributed by atoms with Crippen molar-refractivity contribution in [3.8, 4) is 0 Å². The Labute approximate surface area is 144 Å². The maximum absolute atomic E-state index is 13.2. The van der Waals surface area contributed by atoms with Crippen LogP contribution in [-0.4, -0.2) is 37.9 Å². The van der Waals surface area contributed by atoms with E-state index in [2.05, 4.69) is 14.5 Å². The Bertz CT molecular complexity index is 922. The van der Waals surface area contributed by atoms with Crippen molar-refractivity contribution in [3.05, 3.63) is 40.8 Å². The highest BCUT2D eigenvalue weighted by Gasteiger charge is 2.39. The molecule has 5 rings (SSSR count). The van der Waals surface area contributed by atoms with Gasteiger partial charge in [-0.25, -0.2) is 4.98 Å². The number of hydrogen-bond donors (Lipinski definition) is 0. The maximum atomic E-state index is 13.2. The van der Waals surface area contributed by atoms with Gasteiger partial charge in [0, 0.05) is 42.1 Å². The van der Waals surface area contributed by atoms with Gasteiger partial charge < -0.3 is 9.47 Å². The molecule has 1 fully saturated rings. The standard InChI is InChI=1S/C18H17ClN4O/c19-12-3-1-11(2-4-12)14-15-17(21-8-7-20-15)23-10-9-22(13-5-6-13)18(24)16(14)23/h1,3,7-8,13H,2,4-6,9-10H2. The van der Waals surface area contributed by atoms with Crippen LogP contribution in [0.3, 0.4) is 0 Å². The molecule has 1 amide bonds. The smallest absolute Gasteiger partial charge is 0.271 e. The summed E-state index contributed by atoms with van der Waals surface area (Å²) in [5.41, 5.74) is 4.48. The number of rotatable bonds is 2. The zero-order chi connectivity index (χ0) is 16.3. The van der Waals surface area contributed by atoms with E-state index in [-0.39, 0.29) is 5.91 Å². The number of carbonyl (C=O) groups excluding carboxylic acids is 1. The summed E-state index contributed by atoms with van der Waals surface area (Å²) in [5, 5.41) is 0.855. The van der Waals surface area contributed by atoms with E-state index in [9.17, 15) is 4.79 Å². The lowest BCUT2D eigenvalue weighted by Crippen LogP contribution is -2.41. The fourth-order valence-electron chi connectivity index (χ4n) is 3.80. The molecule has 1 saturated carbocycles. The molecular formula is C18H17ClN4O. The zero-order valence-corrected chi connectivity index (χ0v) is 14.0. The van der Waals surface area contributed by atoms with E-state index in [0.717, 1.165) is 71.8 Å². The Hall–Kier alpha value is -2.14. The molecule has 3 heterocycles. The van der Waals surface area contributed by atoms with Crippen LogP contribution in [0, 0.1) is 0 Å². The second-order valence-corrected chi connectivity index (χ2v) is 7.12. The van der Waals surface area contributed by atoms with E-state index in [0.29, 0.717) is 6.04 Å². The lowest BCUT2D eigenvalue weighted by Gasteiger charge is -2.29. The van der Waals surface area contributed by atoms with Crippen molar-refractivity contribution >= 4 is 34.2 Å². The second kappa shape index (κ2) is 5.18. The van der Waals surface area contributed by atoms with Crippen LogP contribution in [0.2, 0.25) is 0 Å². The van der Waals surface area contributed by atoms with Crippen molar-refractivity contribution in [1.29, 1.82) is 0 Å². The first kappa shape index (κ1) is 14.2. The molecule has 0 N–H and O–H groups in total.